The summed E-state index contributed by atoms with van der Waals surface area (Å²) in [6, 6.07) is 5.81. The first-order valence-corrected chi connectivity index (χ1v) is 18.4. The van der Waals surface area contributed by atoms with Gasteiger partial charge < -0.3 is 25.0 Å². The van der Waals surface area contributed by atoms with Crippen LogP contribution >= 0.6 is 11.3 Å². The number of nitriles is 1. The maximum Gasteiger partial charge on any atom is 0.320 e. The number of urea groups is 1. The van der Waals surface area contributed by atoms with Crippen molar-refractivity contribution in [2.45, 2.75) is 82.3 Å². The van der Waals surface area contributed by atoms with E-state index in [1.807, 2.05) is 0 Å². The fourth-order valence-corrected chi connectivity index (χ4v) is 9.53. The van der Waals surface area contributed by atoms with Crippen molar-refractivity contribution in [3.63, 3.8) is 0 Å². The summed E-state index contributed by atoms with van der Waals surface area (Å²) in [5.41, 5.74) is 9.00. The van der Waals surface area contributed by atoms with E-state index in [1.165, 1.54) is 16.2 Å². The number of hydrogen-bond acceptors (Lipinski definition) is 12. The van der Waals surface area contributed by atoms with Gasteiger partial charge in [-0.3, -0.25) is 10.2 Å². The Morgan fingerprint density at radius 1 is 1.26 bits per heavy atom. The molecule has 1 unspecified atom stereocenters. The van der Waals surface area contributed by atoms with Crippen LogP contribution in [0.1, 0.15) is 79.2 Å². The number of carbonyl (C=O) groups excluding carboxylic acids is 1. The molecular formula is C35H42N10O4S. The van der Waals surface area contributed by atoms with Gasteiger partial charge in [0.1, 0.15) is 17.2 Å². The molecule has 2 saturated heterocycles. The molecule has 1 spiro atoms. The van der Waals surface area contributed by atoms with Crippen LogP contribution in [0.15, 0.2) is 22.9 Å². The van der Waals surface area contributed by atoms with Crippen LogP contribution in [0.25, 0.3) is 17.3 Å². The van der Waals surface area contributed by atoms with Crippen molar-refractivity contribution in [1.82, 2.24) is 35.1 Å². The van der Waals surface area contributed by atoms with Crippen LogP contribution in [-0.4, -0.2) is 81.3 Å². The molecule has 2 aliphatic heterocycles. The van der Waals surface area contributed by atoms with E-state index in [0.29, 0.717) is 58.7 Å². The first kappa shape index (κ1) is 32.7. The quantitative estimate of drug-likeness (QED) is 0.230. The number of carbonyl (C=O) groups is 1. The number of nitrogens with zero attached hydrogens (tertiary/aromatic N) is 7. The monoisotopic (exact) mass is 698 g/mol. The van der Waals surface area contributed by atoms with Crippen molar-refractivity contribution in [3.8, 4) is 29.3 Å². The minimum atomic E-state index is -0.460. The van der Waals surface area contributed by atoms with Gasteiger partial charge in [0.25, 0.3) is 0 Å². The van der Waals surface area contributed by atoms with E-state index in [-0.39, 0.29) is 18.2 Å². The Bertz CT molecular complexity index is 1940. The number of aryl methyl sites for hydroxylation is 1. The molecule has 15 heteroatoms. The topological polar surface area (TPSA) is 182 Å². The van der Waals surface area contributed by atoms with Gasteiger partial charge in [0.05, 0.1) is 17.6 Å². The second-order valence-corrected chi connectivity index (χ2v) is 15.1. The van der Waals surface area contributed by atoms with Crippen molar-refractivity contribution in [1.29, 1.82) is 5.26 Å². The molecule has 0 aromatic carbocycles. The van der Waals surface area contributed by atoms with Gasteiger partial charge in [-0.05, 0) is 83.9 Å². The summed E-state index contributed by atoms with van der Waals surface area (Å²) in [6.45, 7) is 5.03. The lowest BCUT2D eigenvalue weighted by Gasteiger charge is -2.39. The average molecular weight is 699 g/mol. The molecular weight excluding hydrogens is 657 g/mol. The van der Waals surface area contributed by atoms with E-state index < -0.39 is 5.41 Å². The van der Waals surface area contributed by atoms with E-state index in [4.69, 9.17) is 29.7 Å². The molecule has 14 nitrogen and oxygen atoms in total. The molecule has 4 atom stereocenters. The maximum absolute atomic E-state index is 12.6. The lowest BCUT2D eigenvalue weighted by atomic mass is 9.63. The molecule has 262 valence electrons. The second-order valence-electron chi connectivity index (χ2n) is 14.0. The summed E-state index contributed by atoms with van der Waals surface area (Å²) in [4.78, 5) is 26.0. The van der Waals surface area contributed by atoms with Crippen LogP contribution in [0, 0.1) is 17.2 Å². The fraction of sp³-hybridized carbons (Fsp3) is 0.543. The van der Waals surface area contributed by atoms with Crippen LogP contribution in [0.4, 0.5) is 15.6 Å². The van der Waals surface area contributed by atoms with Gasteiger partial charge in [0.15, 0.2) is 28.9 Å². The number of likely N-dealkylation sites (tertiary alicyclic amines) is 1. The summed E-state index contributed by atoms with van der Waals surface area (Å²) < 4.78 is 19.8. The highest BCUT2D eigenvalue weighted by Gasteiger charge is 2.49. The number of likely N-dealkylation sites (N-methyl/N-ethyl adjacent to an activating group) is 1. The molecule has 4 aromatic heterocycles. The van der Waals surface area contributed by atoms with Gasteiger partial charge in [-0.2, -0.15) is 10.2 Å². The van der Waals surface area contributed by atoms with Gasteiger partial charge in [0, 0.05) is 53.9 Å². The van der Waals surface area contributed by atoms with Crippen LogP contribution in [0.2, 0.25) is 0 Å². The van der Waals surface area contributed by atoms with E-state index >= 15 is 0 Å². The van der Waals surface area contributed by atoms with Gasteiger partial charge in [-0.25, -0.2) is 14.5 Å². The largest absolute Gasteiger partial charge is 0.473 e. The highest BCUT2D eigenvalue weighted by Crippen LogP contribution is 2.55. The number of fused-ring (bicyclic) bond motifs is 4. The van der Waals surface area contributed by atoms with Gasteiger partial charge in [0.2, 0.25) is 5.88 Å². The molecule has 4 aliphatic rings. The summed E-state index contributed by atoms with van der Waals surface area (Å²) in [7, 11) is 2.12. The van der Waals surface area contributed by atoms with E-state index in [2.05, 4.69) is 45.8 Å². The van der Waals surface area contributed by atoms with Crippen molar-refractivity contribution in [2.24, 2.45) is 5.92 Å². The summed E-state index contributed by atoms with van der Waals surface area (Å²) in [6.07, 6.45) is 9.98. The number of thiophene rings is 1. The van der Waals surface area contributed by atoms with Gasteiger partial charge >= 0.3 is 6.03 Å². The van der Waals surface area contributed by atoms with Crippen molar-refractivity contribution >= 4 is 28.2 Å². The van der Waals surface area contributed by atoms with Crippen LogP contribution in [-0.2, 0) is 23.0 Å². The zero-order chi connectivity index (χ0) is 34.4. The number of rotatable bonds is 8. The Morgan fingerprint density at radius 2 is 2.12 bits per heavy atom. The summed E-state index contributed by atoms with van der Waals surface area (Å²) in [5.74, 6) is 2.72. The Morgan fingerprint density at radius 3 is 2.90 bits per heavy atom. The number of amides is 2. The molecule has 4 N–H and O–H groups in total. The molecule has 2 aliphatic carbocycles. The number of nitrogens with one attached hydrogen (secondary N) is 2. The lowest BCUT2D eigenvalue weighted by molar-refractivity contribution is 0.117. The summed E-state index contributed by atoms with van der Waals surface area (Å²) >= 11 is 1.52. The Hall–Kier alpha value is -4.52. The van der Waals surface area contributed by atoms with E-state index in [9.17, 15) is 10.1 Å². The molecule has 6 heterocycles. The van der Waals surface area contributed by atoms with E-state index in [0.717, 1.165) is 87.8 Å². The molecule has 50 heavy (non-hydrogen) atoms. The lowest BCUT2D eigenvalue weighted by Crippen LogP contribution is -2.38. The smallest absolute Gasteiger partial charge is 0.320 e. The number of anilines is 2. The number of nitrogen functional groups attached to an aromatic ring is 1. The molecule has 0 bridgehead atoms. The second kappa shape index (κ2) is 13.3. The predicted molar refractivity (Wildman–Crippen MR) is 186 cm³/mol. The molecule has 4 aromatic rings. The first-order valence-electron chi connectivity index (χ1n) is 17.6. The number of hydrogen-bond donors (Lipinski definition) is 3. The minimum absolute atomic E-state index is 0.120. The molecule has 8 rings (SSSR count). The van der Waals surface area contributed by atoms with Crippen LogP contribution < -0.4 is 21.1 Å². The zero-order valence-electron chi connectivity index (χ0n) is 28.4. The molecule has 2 fully saturated rings. The Kier molecular flexibility index (Phi) is 8.70. The van der Waals surface area contributed by atoms with Crippen LogP contribution in [0.5, 0.6) is 5.88 Å². The number of aromatic nitrogens is 5. The minimum Gasteiger partial charge on any atom is -0.473 e. The zero-order valence-corrected chi connectivity index (χ0v) is 29.2. The Labute approximate surface area is 294 Å². The van der Waals surface area contributed by atoms with Crippen LogP contribution in [0.3, 0.4) is 0 Å². The third-order valence-corrected chi connectivity index (χ3v) is 11.9. The third-order valence-electron chi connectivity index (χ3n) is 10.8. The maximum atomic E-state index is 12.6. The predicted octanol–water partition coefficient (Wildman–Crippen LogP) is 4.81. The van der Waals surface area contributed by atoms with Gasteiger partial charge in [-0.1, -0.05) is 5.16 Å². The first-order chi connectivity index (χ1) is 24.3. The number of nitrogens with two attached hydrogens (primary N) is 1. The molecule has 2 amide bonds. The van der Waals surface area contributed by atoms with E-state index in [1.54, 1.807) is 23.0 Å². The highest BCUT2D eigenvalue weighted by molar-refractivity contribution is 7.16. The van der Waals surface area contributed by atoms with Crippen molar-refractivity contribution in [3.05, 3.63) is 45.7 Å². The normalized spacial score (nSPS) is 23.7. The average Bonchev–Trinajstić information content (AvgIpc) is 3.95. The highest BCUT2D eigenvalue weighted by atomic mass is 32.1. The molecule has 0 radical (unpaired) electrons. The number of ether oxygens (including phenoxy) is 2. The summed E-state index contributed by atoms with van der Waals surface area (Å²) in [5, 5.41) is 25.6. The molecule has 0 saturated carbocycles. The van der Waals surface area contributed by atoms with Crippen molar-refractivity contribution < 1.29 is 18.8 Å². The van der Waals surface area contributed by atoms with Gasteiger partial charge in [-0.15, -0.1) is 16.4 Å². The fourth-order valence-electron chi connectivity index (χ4n) is 8.37. The SMILES string of the molecule is C[C@H](Oc1cc(-n2ccc(NC(=O)NC[C@@H]3CCOC3)n2)nc(-c2noc3c2CCCC32CCCc3sc(N)c(C#N)c32)n1)[C@@H]1CCCN1C. The third kappa shape index (κ3) is 5.88. The Balaban J connectivity index is 1.14. The van der Waals surface area contributed by atoms with Crippen molar-refractivity contribution in [2.75, 3.05) is 44.4 Å². The standard InChI is InChI=1S/C35H42N10O4S/c1-20(24-7-5-13-44(24)2)48-28-16-27(45-14-9-26(42-45)39-34(46)38-18-21-10-15-47-19-21)40-33(41-28)30-22-6-3-11-35(31(22)49-43-30)12-4-8-25-29(35)23(17-36)32(37)50-25/h9,14,16,20-21,24H,3-8,10-13,15,18-19,37H2,1-2H3,(H2,38,39,42,46)/t20-,21-,24-,35?/m0/s1.